The van der Waals surface area contributed by atoms with Crippen molar-refractivity contribution in [3.05, 3.63) is 72.3 Å². The SMILES string of the molecule is CC(C(=O)Nc1cccc(C(F)(F)F)c1)n1cc(Oc2ccc(F)cc2)cn1. The third-order valence-electron chi connectivity index (χ3n) is 3.86. The Morgan fingerprint density at radius 3 is 2.54 bits per heavy atom. The van der Waals surface area contributed by atoms with Gasteiger partial charge in [-0.25, -0.2) is 4.39 Å². The lowest BCUT2D eigenvalue weighted by Crippen LogP contribution is -2.24. The van der Waals surface area contributed by atoms with Crippen LogP contribution in [-0.2, 0) is 11.0 Å². The van der Waals surface area contributed by atoms with Gasteiger partial charge in [-0.1, -0.05) is 6.07 Å². The summed E-state index contributed by atoms with van der Waals surface area (Å²) in [6, 6.07) is 8.92. The van der Waals surface area contributed by atoms with Crippen LogP contribution in [0.2, 0.25) is 0 Å². The van der Waals surface area contributed by atoms with Crippen LogP contribution in [0.3, 0.4) is 0 Å². The van der Waals surface area contributed by atoms with E-state index in [9.17, 15) is 22.4 Å². The number of nitrogens with zero attached hydrogens (tertiary/aromatic N) is 2. The maximum atomic E-state index is 12.9. The molecule has 9 heteroatoms. The van der Waals surface area contributed by atoms with Crippen LogP contribution in [0.4, 0.5) is 23.2 Å². The fourth-order valence-electron chi connectivity index (χ4n) is 2.36. The molecule has 0 fully saturated rings. The highest BCUT2D eigenvalue weighted by Gasteiger charge is 2.30. The molecule has 2 aromatic carbocycles. The molecule has 3 aromatic rings. The van der Waals surface area contributed by atoms with E-state index < -0.39 is 29.5 Å². The van der Waals surface area contributed by atoms with Gasteiger partial charge in [-0.2, -0.15) is 18.3 Å². The van der Waals surface area contributed by atoms with Crippen LogP contribution >= 0.6 is 0 Å². The molecule has 146 valence electrons. The number of amides is 1. The number of carbonyl (C=O) groups excluding carboxylic acids is 1. The van der Waals surface area contributed by atoms with Crippen LogP contribution in [0.5, 0.6) is 11.5 Å². The molecule has 0 spiro atoms. The molecule has 28 heavy (non-hydrogen) atoms. The third kappa shape index (κ3) is 4.67. The highest BCUT2D eigenvalue weighted by Crippen LogP contribution is 2.31. The summed E-state index contributed by atoms with van der Waals surface area (Å²) in [5.41, 5.74) is -0.825. The number of anilines is 1. The van der Waals surface area contributed by atoms with Gasteiger partial charge in [0.1, 0.15) is 17.6 Å². The summed E-state index contributed by atoms with van der Waals surface area (Å²) in [6.07, 6.45) is -1.67. The van der Waals surface area contributed by atoms with E-state index in [1.165, 1.54) is 60.4 Å². The van der Waals surface area contributed by atoms with E-state index in [1.807, 2.05) is 0 Å². The zero-order valence-electron chi connectivity index (χ0n) is 14.6. The van der Waals surface area contributed by atoms with E-state index in [4.69, 9.17) is 4.74 Å². The smallest absolute Gasteiger partial charge is 0.416 e. The van der Waals surface area contributed by atoms with Gasteiger partial charge in [0.05, 0.1) is 18.0 Å². The van der Waals surface area contributed by atoms with E-state index >= 15 is 0 Å². The van der Waals surface area contributed by atoms with E-state index in [0.717, 1.165) is 12.1 Å². The Labute approximate surface area is 157 Å². The second-order valence-corrected chi connectivity index (χ2v) is 5.96. The number of aromatic nitrogens is 2. The molecular formula is C19H15F4N3O2. The van der Waals surface area contributed by atoms with Crippen LogP contribution < -0.4 is 10.1 Å². The van der Waals surface area contributed by atoms with Gasteiger partial charge in [0.15, 0.2) is 5.75 Å². The Balaban J connectivity index is 1.67. The topological polar surface area (TPSA) is 56.2 Å². The molecule has 0 aliphatic rings. The lowest BCUT2D eigenvalue weighted by Gasteiger charge is -2.14. The summed E-state index contributed by atoms with van der Waals surface area (Å²) < 4.78 is 58.0. The van der Waals surface area contributed by atoms with Crippen molar-refractivity contribution in [2.24, 2.45) is 0 Å². The van der Waals surface area contributed by atoms with Gasteiger partial charge < -0.3 is 10.1 Å². The van der Waals surface area contributed by atoms with Crippen molar-refractivity contribution >= 4 is 11.6 Å². The van der Waals surface area contributed by atoms with Gasteiger partial charge in [-0.3, -0.25) is 9.48 Å². The largest absolute Gasteiger partial charge is 0.454 e. The first-order chi connectivity index (χ1) is 13.2. The fraction of sp³-hybridized carbons (Fsp3) is 0.158. The molecule has 0 aliphatic heterocycles. The maximum Gasteiger partial charge on any atom is 0.416 e. The van der Waals surface area contributed by atoms with Crippen LogP contribution in [0.15, 0.2) is 60.9 Å². The lowest BCUT2D eigenvalue weighted by atomic mass is 10.2. The molecule has 0 radical (unpaired) electrons. The van der Waals surface area contributed by atoms with Crippen molar-refractivity contribution in [2.75, 3.05) is 5.32 Å². The highest BCUT2D eigenvalue weighted by molar-refractivity contribution is 5.93. The predicted molar refractivity (Wildman–Crippen MR) is 93.5 cm³/mol. The Morgan fingerprint density at radius 1 is 1.14 bits per heavy atom. The van der Waals surface area contributed by atoms with Crippen molar-refractivity contribution < 1.29 is 27.1 Å². The molecule has 5 nitrogen and oxygen atoms in total. The molecule has 0 bridgehead atoms. The van der Waals surface area contributed by atoms with Gasteiger partial charge in [-0.05, 0) is 49.4 Å². The van der Waals surface area contributed by atoms with Crippen LogP contribution in [0.25, 0.3) is 0 Å². The number of rotatable bonds is 5. The summed E-state index contributed by atoms with van der Waals surface area (Å²) in [5, 5.41) is 6.46. The third-order valence-corrected chi connectivity index (χ3v) is 3.86. The van der Waals surface area contributed by atoms with Gasteiger partial charge in [0.25, 0.3) is 0 Å². The van der Waals surface area contributed by atoms with E-state index in [2.05, 4.69) is 10.4 Å². The standard InChI is InChI=1S/C19H15F4N3O2/c1-12(18(27)25-15-4-2-3-13(9-15)19(21,22)23)26-11-17(10-24-26)28-16-7-5-14(20)6-8-16/h2-12H,1H3,(H,25,27). The van der Waals surface area contributed by atoms with Crippen LogP contribution in [0, 0.1) is 5.82 Å². The van der Waals surface area contributed by atoms with Gasteiger partial charge >= 0.3 is 6.18 Å². The zero-order chi connectivity index (χ0) is 20.3. The van der Waals surface area contributed by atoms with Crippen LogP contribution in [-0.4, -0.2) is 15.7 Å². The molecule has 1 aromatic heterocycles. The molecule has 1 heterocycles. The van der Waals surface area contributed by atoms with Crippen molar-refractivity contribution in [3.63, 3.8) is 0 Å². The summed E-state index contributed by atoms with van der Waals surface area (Å²) in [5.74, 6) is -0.231. The quantitative estimate of drug-likeness (QED) is 0.619. The number of hydrogen-bond acceptors (Lipinski definition) is 3. The first kappa shape index (κ1) is 19.4. The molecule has 0 saturated carbocycles. The average molecular weight is 393 g/mol. The van der Waals surface area contributed by atoms with Gasteiger partial charge in [0, 0.05) is 5.69 Å². The Bertz CT molecular complexity index is 968. The Kier molecular flexibility index (Phi) is 5.34. The number of halogens is 4. The minimum absolute atomic E-state index is 0.0293. The number of ether oxygens (including phenoxy) is 1. The molecule has 1 N–H and O–H groups in total. The van der Waals surface area contributed by atoms with E-state index in [1.54, 1.807) is 0 Å². The predicted octanol–water partition coefficient (Wildman–Crippen LogP) is 5.03. The second-order valence-electron chi connectivity index (χ2n) is 5.96. The average Bonchev–Trinajstić information content (AvgIpc) is 3.11. The van der Waals surface area contributed by atoms with Crippen LogP contribution in [0.1, 0.15) is 18.5 Å². The highest BCUT2D eigenvalue weighted by atomic mass is 19.4. The molecule has 1 atom stereocenters. The van der Waals surface area contributed by atoms with Gasteiger partial charge in [0.2, 0.25) is 5.91 Å². The fourth-order valence-corrected chi connectivity index (χ4v) is 2.36. The molecule has 1 unspecified atom stereocenters. The molecule has 3 rings (SSSR count). The van der Waals surface area contributed by atoms with Crippen molar-refractivity contribution in [3.8, 4) is 11.5 Å². The Morgan fingerprint density at radius 2 is 1.86 bits per heavy atom. The number of benzene rings is 2. The molecule has 0 aliphatic carbocycles. The first-order valence-electron chi connectivity index (χ1n) is 8.18. The number of hydrogen-bond donors (Lipinski definition) is 1. The lowest BCUT2D eigenvalue weighted by molar-refractivity contribution is -0.137. The Hall–Kier alpha value is -3.36. The van der Waals surface area contributed by atoms with Crippen molar-refractivity contribution in [1.29, 1.82) is 0 Å². The molecule has 0 saturated heterocycles. The minimum Gasteiger partial charge on any atom is -0.454 e. The number of nitrogens with one attached hydrogen (secondary N) is 1. The van der Waals surface area contributed by atoms with Gasteiger partial charge in [-0.15, -0.1) is 0 Å². The molecular weight excluding hydrogens is 378 g/mol. The summed E-state index contributed by atoms with van der Waals surface area (Å²) in [6.45, 7) is 1.54. The minimum atomic E-state index is -4.50. The number of carbonyl (C=O) groups is 1. The monoisotopic (exact) mass is 393 g/mol. The zero-order valence-corrected chi connectivity index (χ0v) is 14.6. The van der Waals surface area contributed by atoms with E-state index in [0.29, 0.717) is 11.5 Å². The van der Waals surface area contributed by atoms with E-state index in [-0.39, 0.29) is 5.69 Å². The van der Waals surface area contributed by atoms with Crippen molar-refractivity contribution in [1.82, 2.24) is 9.78 Å². The normalized spacial score (nSPS) is 12.5. The number of alkyl halides is 3. The summed E-state index contributed by atoms with van der Waals surface area (Å²) in [7, 11) is 0. The molecule has 1 amide bonds. The second kappa shape index (κ2) is 7.71. The summed E-state index contributed by atoms with van der Waals surface area (Å²) in [4.78, 5) is 12.3. The summed E-state index contributed by atoms with van der Waals surface area (Å²) >= 11 is 0. The first-order valence-corrected chi connectivity index (χ1v) is 8.18. The maximum absolute atomic E-state index is 12.9. The van der Waals surface area contributed by atoms with Crippen molar-refractivity contribution in [2.45, 2.75) is 19.1 Å².